The number of thiophene rings is 1. The molecule has 0 bridgehead atoms. The van der Waals surface area contributed by atoms with E-state index in [2.05, 4.69) is 23.8 Å². The smallest absolute Gasteiger partial charge is 0.254 e. The van der Waals surface area contributed by atoms with Crippen LogP contribution in [-0.2, 0) is 0 Å². The van der Waals surface area contributed by atoms with E-state index >= 15 is 0 Å². The highest BCUT2D eigenvalue weighted by molar-refractivity contribution is 7.08. The van der Waals surface area contributed by atoms with Crippen LogP contribution in [0.25, 0.3) is 0 Å². The minimum atomic E-state index is -0.0646. The zero-order valence-electron chi connectivity index (χ0n) is 12.8. The van der Waals surface area contributed by atoms with E-state index in [0.717, 1.165) is 13.0 Å². The number of nitrogens with zero attached hydrogens (tertiary/aromatic N) is 1. The molecule has 0 saturated carbocycles. The second-order valence-electron chi connectivity index (χ2n) is 5.90. The predicted octanol–water partition coefficient (Wildman–Crippen LogP) is 3.97. The van der Waals surface area contributed by atoms with Gasteiger partial charge in [-0.2, -0.15) is 11.3 Å². The molecule has 0 spiro atoms. The van der Waals surface area contributed by atoms with Crippen molar-refractivity contribution in [3.63, 3.8) is 0 Å². The molecule has 1 aromatic heterocycles. The molecule has 3 nitrogen and oxygen atoms in total. The van der Waals surface area contributed by atoms with Gasteiger partial charge in [-0.25, -0.2) is 0 Å². The summed E-state index contributed by atoms with van der Waals surface area (Å²) in [6, 6.07) is 9.43. The summed E-state index contributed by atoms with van der Waals surface area (Å²) in [5, 5.41) is 4.24. The Morgan fingerprint density at radius 1 is 1.18 bits per heavy atom. The molecule has 1 aromatic carbocycles. The van der Waals surface area contributed by atoms with E-state index in [1.54, 1.807) is 29.5 Å². The molecule has 1 aliphatic heterocycles. The lowest BCUT2D eigenvalue weighted by molar-refractivity contribution is 0.0741. The quantitative estimate of drug-likeness (QED) is 0.804. The summed E-state index contributed by atoms with van der Waals surface area (Å²) in [7, 11) is 0. The van der Waals surface area contributed by atoms with Crippen LogP contribution in [0.4, 0.5) is 0 Å². The molecule has 2 heterocycles. The number of carbonyl (C=O) groups excluding carboxylic acids is 2. The molecule has 0 N–H and O–H groups in total. The van der Waals surface area contributed by atoms with Crippen molar-refractivity contribution >= 4 is 23.0 Å². The molecule has 0 aliphatic carbocycles. The number of amides is 1. The number of benzene rings is 1. The van der Waals surface area contributed by atoms with Gasteiger partial charge in [0.05, 0.1) is 5.56 Å². The molecule has 22 heavy (non-hydrogen) atoms. The maximum atomic E-state index is 12.9. The minimum absolute atomic E-state index is 0.0315. The Morgan fingerprint density at radius 3 is 2.55 bits per heavy atom. The molecule has 2 atom stereocenters. The van der Waals surface area contributed by atoms with Crippen molar-refractivity contribution in [2.45, 2.75) is 32.2 Å². The molecule has 2 aromatic rings. The average Bonchev–Trinajstić information content (AvgIpc) is 3.15. The lowest BCUT2D eigenvalue weighted by Crippen LogP contribution is -2.34. The van der Waals surface area contributed by atoms with E-state index in [9.17, 15) is 9.59 Å². The molecule has 114 valence electrons. The number of carbonyl (C=O) groups is 2. The summed E-state index contributed by atoms with van der Waals surface area (Å²) in [5.41, 5.74) is 2.35. The average molecular weight is 313 g/mol. The van der Waals surface area contributed by atoms with Crippen molar-refractivity contribution in [1.29, 1.82) is 0 Å². The van der Waals surface area contributed by atoms with Crippen LogP contribution >= 0.6 is 11.3 Å². The number of hydrogen-bond acceptors (Lipinski definition) is 3. The third kappa shape index (κ3) is 2.71. The van der Waals surface area contributed by atoms with Gasteiger partial charge in [0.2, 0.25) is 0 Å². The summed E-state index contributed by atoms with van der Waals surface area (Å²) < 4.78 is 0. The molecule has 1 fully saturated rings. The molecular weight excluding hydrogens is 294 g/mol. The van der Waals surface area contributed by atoms with Crippen molar-refractivity contribution in [2.75, 3.05) is 6.54 Å². The van der Waals surface area contributed by atoms with Crippen molar-refractivity contribution < 1.29 is 9.59 Å². The number of ketones is 1. The fraction of sp³-hybridized carbons (Fsp3) is 0.333. The van der Waals surface area contributed by atoms with Gasteiger partial charge in [0.1, 0.15) is 0 Å². The van der Waals surface area contributed by atoms with Crippen molar-refractivity contribution in [3.8, 4) is 0 Å². The fourth-order valence-corrected chi connectivity index (χ4v) is 3.94. The molecule has 4 heteroatoms. The lowest BCUT2D eigenvalue weighted by Gasteiger charge is -2.22. The van der Waals surface area contributed by atoms with Crippen LogP contribution in [0, 0.1) is 0 Å². The standard InChI is InChI=1S/C18H19NO2S/c1-12-9-15(14-7-8-22-11-14)10-19(12)18(21)17-6-4-3-5-16(17)13(2)20/h3-8,11-12,15H,9-10H2,1-2H3. The second kappa shape index (κ2) is 6.05. The van der Waals surface area contributed by atoms with E-state index < -0.39 is 0 Å². The fourth-order valence-electron chi connectivity index (χ4n) is 3.19. The van der Waals surface area contributed by atoms with E-state index in [0.29, 0.717) is 17.0 Å². The van der Waals surface area contributed by atoms with Gasteiger partial charge in [-0.05, 0) is 48.7 Å². The molecule has 0 radical (unpaired) electrons. The predicted molar refractivity (Wildman–Crippen MR) is 88.6 cm³/mol. The summed E-state index contributed by atoms with van der Waals surface area (Å²) in [4.78, 5) is 26.5. The molecule has 1 saturated heterocycles. The Balaban J connectivity index is 1.85. The summed E-state index contributed by atoms with van der Waals surface area (Å²) in [5.74, 6) is 0.302. The van der Waals surface area contributed by atoms with Gasteiger partial charge in [0.25, 0.3) is 5.91 Å². The number of hydrogen-bond donors (Lipinski definition) is 0. The van der Waals surface area contributed by atoms with Gasteiger partial charge in [0.15, 0.2) is 5.78 Å². The van der Waals surface area contributed by atoms with Gasteiger partial charge < -0.3 is 4.90 Å². The Morgan fingerprint density at radius 2 is 1.91 bits per heavy atom. The first kappa shape index (κ1) is 15.0. The highest BCUT2D eigenvalue weighted by atomic mass is 32.1. The van der Waals surface area contributed by atoms with Gasteiger partial charge in [-0.15, -0.1) is 0 Å². The van der Waals surface area contributed by atoms with Gasteiger partial charge in [-0.1, -0.05) is 18.2 Å². The topological polar surface area (TPSA) is 37.4 Å². The van der Waals surface area contributed by atoms with Crippen LogP contribution in [-0.4, -0.2) is 29.2 Å². The Labute approximate surface area is 134 Å². The van der Waals surface area contributed by atoms with E-state index in [4.69, 9.17) is 0 Å². The van der Waals surface area contributed by atoms with Gasteiger partial charge in [-0.3, -0.25) is 9.59 Å². The van der Waals surface area contributed by atoms with E-state index in [-0.39, 0.29) is 17.7 Å². The van der Waals surface area contributed by atoms with Crippen LogP contribution in [0.2, 0.25) is 0 Å². The third-order valence-corrected chi connectivity index (χ3v) is 5.09. The van der Waals surface area contributed by atoms with Crippen LogP contribution < -0.4 is 0 Å². The highest BCUT2D eigenvalue weighted by Crippen LogP contribution is 2.33. The van der Waals surface area contributed by atoms with Crippen LogP contribution in [0.1, 0.15) is 52.5 Å². The first-order valence-electron chi connectivity index (χ1n) is 7.51. The van der Waals surface area contributed by atoms with Gasteiger partial charge >= 0.3 is 0 Å². The number of likely N-dealkylation sites (tertiary alicyclic amines) is 1. The number of rotatable bonds is 3. The Kier molecular flexibility index (Phi) is 4.12. The first-order chi connectivity index (χ1) is 10.6. The van der Waals surface area contributed by atoms with Gasteiger partial charge in [0, 0.05) is 24.1 Å². The van der Waals surface area contributed by atoms with Crippen molar-refractivity contribution in [3.05, 3.63) is 57.8 Å². The normalized spacial score (nSPS) is 21.1. The van der Waals surface area contributed by atoms with Crippen LogP contribution in [0.5, 0.6) is 0 Å². The van der Waals surface area contributed by atoms with E-state index in [1.807, 2.05) is 11.0 Å². The Bertz CT molecular complexity index is 693. The number of Topliss-reactive ketones (excluding diaryl/α,β-unsaturated/α-hetero) is 1. The lowest BCUT2D eigenvalue weighted by atomic mass is 10.00. The SMILES string of the molecule is CC(=O)c1ccccc1C(=O)N1CC(c2ccsc2)CC1C. The van der Waals surface area contributed by atoms with E-state index in [1.165, 1.54) is 12.5 Å². The summed E-state index contributed by atoms with van der Waals surface area (Å²) in [6.07, 6.45) is 0.977. The maximum absolute atomic E-state index is 12.9. The molecular formula is C18H19NO2S. The summed E-state index contributed by atoms with van der Waals surface area (Å²) >= 11 is 1.69. The van der Waals surface area contributed by atoms with Crippen molar-refractivity contribution in [2.24, 2.45) is 0 Å². The van der Waals surface area contributed by atoms with Crippen molar-refractivity contribution in [1.82, 2.24) is 4.90 Å². The zero-order chi connectivity index (χ0) is 15.7. The van der Waals surface area contributed by atoms with Crippen LogP contribution in [0.15, 0.2) is 41.1 Å². The Hall–Kier alpha value is -1.94. The molecule has 1 amide bonds. The first-order valence-corrected chi connectivity index (χ1v) is 8.45. The second-order valence-corrected chi connectivity index (χ2v) is 6.68. The zero-order valence-corrected chi connectivity index (χ0v) is 13.6. The molecule has 2 unspecified atom stereocenters. The molecule has 3 rings (SSSR count). The summed E-state index contributed by atoms with van der Waals surface area (Å²) in [6.45, 7) is 4.32. The monoisotopic (exact) mass is 313 g/mol. The largest absolute Gasteiger partial charge is 0.335 e. The van der Waals surface area contributed by atoms with Crippen LogP contribution in [0.3, 0.4) is 0 Å². The third-order valence-electron chi connectivity index (χ3n) is 4.39. The minimum Gasteiger partial charge on any atom is -0.335 e. The molecule has 1 aliphatic rings. The highest BCUT2D eigenvalue weighted by Gasteiger charge is 2.34. The maximum Gasteiger partial charge on any atom is 0.254 e.